The number of aromatic nitrogens is 2. The summed E-state index contributed by atoms with van der Waals surface area (Å²) in [6, 6.07) is 9.44. The van der Waals surface area contributed by atoms with Gasteiger partial charge in [0.05, 0.1) is 5.56 Å². The molecular weight excluding hydrogens is 376 g/mol. The molecule has 4 rings (SSSR count). The number of hydrogen-bond acceptors (Lipinski definition) is 7. The average Bonchev–Trinajstić information content (AvgIpc) is 2.79. The van der Waals surface area contributed by atoms with Gasteiger partial charge in [-0.25, -0.2) is 4.98 Å². The summed E-state index contributed by atoms with van der Waals surface area (Å²) in [4.78, 5) is 13.7. The maximum atomic E-state index is 5.58. The van der Waals surface area contributed by atoms with E-state index in [0.717, 1.165) is 50.5 Å². The molecule has 1 saturated heterocycles. The predicted molar refractivity (Wildman–Crippen MR) is 120 cm³/mol. The van der Waals surface area contributed by atoms with Gasteiger partial charge in [0.1, 0.15) is 12.4 Å². The van der Waals surface area contributed by atoms with Crippen LogP contribution in [0.2, 0.25) is 0 Å². The van der Waals surface area contributed by atoms with Crippen molar-refractivity contribution < 1.29 is 4.74 Å². The summed E-state index contributed by atoms with van der Waals surface area (Å²) in [5, 5.41) is 6.80. The molecule has 2 N–H and O–H groups in total. The molecule has 160 valence electrons. The smallest absolute Gasteiger partial charge is 0.224 e. The average molecular weight is 409 g/mol. The van der Waals surface area contributed by atoms with E-state index in [9.17, 15) is 0 Å². The Morgan fingerprint density at radius 3 is 2.67 bits per heavy atom. The molecule has 1 aromatic heterocycles. The Balaban J connectivity index is 1.41. The Morgan fingerprint density at radius 2 is 1.97 bits per heavy atom. The van der Waals surface area contributed by atoms with Crippen LogP contribution in [-0.2, 0) is 17.9 Å². The first kappa shape index (κ1) is 20.6. The monoisotopic (exact) mass is 408 g/mol. The maximum Gasteiger partial charge on any atom is 0.224 e. The first-order chi connectivity index (χ1) is 14.7. The van der Waals surface area contributed by atoms with Crippen LogP contribution in [0.15, 0.2) is 42.9 Å². The molecule has 1 aromatic carbocycles. The Hall–Kier alpha value is -2.64. The maximum absolute atomic E-state index is 5.58. The molecule has 0 spiro atoms. The Morgan fingerprint density at radius 1 is 1.20 bits per heavy atom. The number of benzene rings is 1. The highest BCUT2D eigenvalue weighted by Gasteiger charge is 2.23. The third-order valence-corrected chi connectivity index (χ3v) is 5.90. The van der Waals surface area contributed by atoms with Gasteiger partial charge < -0.3 is 15.4 Å². The number of fused-ring (bicyclic) bond motifs is 1. The highest BCUT2D eigenvalue weighted by Crippen LogP contribution is 2.29. The molecule has 0 amide bonds. The normalized spacial score (nSPS) is 17.9. The summed E-state index contributed by atoms with van der Waals surface area (Å²) >= 11 is 0. The molecule has 1 atom stereocenters. The predicted octanol–water partition coefficient (Wildman–Crippen LogP) is 3.27. The van der Waals surface area contributed by atoms with E-state index in [-0.39, 0.29) is 0 Å². The molecule has 1 unspecified atom stereocenters. The highest BCUT2D eigenvalue weighted by molar-refractivity contribution is 5.54. The van der Waals surface area contributed by atoms with E-state index >= 15 is 0 Å². The summed E-state index contributed by atoms with van der Waals surface area (Å²) in [5.41, 5.74) is 3.60. The van der Waals surface area contributed by atoms with Gasteiger partial charge in [-0.2, -0.15) is 4.98 Å². The van der Waals surface area contributed by atoms with Gasteiger partial charge in [0.15, 0.2) is 5.88 Å². The van der Waals surface area contributed by atoms with Crippen LogP contribution >= 0.6 is 0 Å². The molecule has 0 bridgehead atoms. The quantitative estimate of drug-likeness (QED) is 0.729. The van der Waals surface area contributed by atoms with Crippen molar-refractivity contribution in [1.82, 2.24) is 20.2 Å². The van der Waals surface area contributed by atoms with E-state index in [0.29, 0.717) is 31.0 Å². The molecule has 7 nitrogen and oxygen atoms in total. The van der Waals surface area contributed by atoms with E-state index in [1.807, 2.05) is 11.1 Å². The fourth-order valence-corrected chi connectivity index (χ4v) is 4.24. The van der Waals surface area contributed by atoms with Crippen molar-refractivity contribution in [3.63, 3.8) is 0 Å². The largest absolute Gasteiger partial charge is 0.474 e. The fraction of sp³-hybridized carbons (Fsp3) is 0.478. The highest BCUT2D eigenvalue weighted by atomic mass is 16.5. The van der Waals surface area contributed by atoms with Crippen molar-refractivity contribution in [2.24, 2.45) is 0 Å². The number of piperazine rings is 1. The topological polar surface area (TPSA) is 65.5 Å². The Kier molecular flexibility index (Phi) is 6.50. The van der Waals surface area contributed by atoms with Crippen LogP contribution in [-0.4, -0.2) is 47.6 Å². The summed E-state index contributed by atoms with van der Waals surface area (Å²) in [5.74, 6) is 2.14. The van der Waals surface area contributed by atoms with Crippen molar-refractivity contribution in [1.29, 1.82) is 0 Å². The SMILES string of the molecule is C=C1OCc2cnc(NCc3ccc(C(CC)N4CCNCC4)cc3)nc2N1CC. The van der Waals surface area contributed by atoms with Gasteiger partial charge in [-0.3, -0.25) is 9.80 Å². The summed E-state index contributed by atoms with van der Waals surface area (Å²) < 4.78 is 5.58. The second-order valence-corrected chi connectivity index (χ2v) is 7.77. The first-order valence-electron chi connectivity index (χ1n) is 10.9. The van der Waals surface area contributed by atoms with Crippen molar-refractivity contribution in [2.45, 2.75) is 39.5 Å². The van der Waals surface area contributed by atoms with Gasteiger partial charge in [0.2, 0.25) is 5.95 Å². The summed E-state index contributed by atoms with van der Waals surface area (Å²) in [6.45, 7) is 14.6. The Bertz CT molecular complexity index is 862. The van der Waals surface area contributed by atoms with Crippen LogP contribution in [0.4, 0.5) is 11.8 Å². The lowest BCUT2D eigenvalue weighted by Gasteiger charge is -2.34. The van der Waals surface area contributed by atoms with Crippen LogP contribution in [0.5, 0.6) is 0 Å². The second-order valence-electron chi connectivity index (χ2n) is 7.77. The van der Waals surface area contributed by atoms with Gasteiger partial charge >= 0.3 is 0 Å². The van der Waals surface area contributed by atoms with Crippen LogP contribution in [0.25, 0.3) is 0 Å². The van der Waals surface area contributed by atoms with Crippen molar-refractivity contribution in [3.8, 4) is 0 Å². The molecule has 7 heteroatoms. The minimum Gasteiger partial charge on any atom is -0.474 e. The third-order valence-electron chi connectivity index (χ3n) is 5.90. The molecule has 2 aromatic rings. The lowest BCUT2D eigenvalue weighted by atomic mass is 10.0. The molecular formula is C23H32N6O. The lowest BCUT2D eigenvalue weighted by molar-refractivity contribution is 0.169. The molecule has 0 saturated carbocycles. The zero-order valence-corrected chi connectivity index (χ0v) is 18.0. The molecule has 2 aliphatic heterocycles. The Labute approximate surface area is 179 Å². The van der Waals surface area contributed by atoms with Gasteiger partial charge in [-0.05, 0) is 31.1 Å². The van der Waals surface area contributed by atoms with Crippen molar-refractivity contribution in [3.05, 3.63) is 59.6 Å². The fourth-order valence-electron chi connectivity index (χ4n) is 4.24. The molecule has 30 heavy (non-hydrogen) atoms. The zero-order chi connectivity index (χ0) is 20.9. The lowest BCUT2D eigenvalue weighted by Crippen LogP contribution is -2.45. The van der Waals surface area contributed by atoms with E-state index in [1.165, 1.54) is 11.1 Å². The number of nitrogens with one attached hydrogen (secondary N) is 2. The van der Waals surface area contributed by atoms with E-state index in [4.69, 9.17) is 9.72 Å². The van der Waals surface area contributed by atoms with E-state index < -0.39 is 0 Å². The summed E-state index contributed by atoms with van der Waals surface area (Å²) in [7, 11) is 0. The molecule has 0 radical (unpaired) electrons. The second kappa shape index (κ2) is 9.45. The number of ether oxygens (including phenoxy) is 1. The molecule has 1 fully saturated rings. The first-order valence-corrected chi connectivity index (χ1v) is 10.9. The van der Waals surface area contributed by atoms with Crippen molar-refractivity contribution >= 4 is 11.8 Å². The molecule has 0 aliphatic carbocycles. The van der Waals surface area contributed by atoms with Crippen molar-refractivity contribution in [2.75, 3.05) is 42.9 Å². The number of anilines is 2. The third kappa shape index (κ3) is 4.42. The van der Waals surface area contributed by atoms with Gasteiger partial charge in [-0.15, -0.1) is 0 Å². The van der Waals surface area contributed by atoms with E-state index in [2.05, 4.69) is 65.2 Å². The zero-order valence-electron chi connectivity index (χ0n) is 18.0. The summed E-state index contributed by atoms with van der Waals surface area (Å²) in [6.07, 6.45) is 2.96. The number of rotatable bonds is 7. The minimum absolute atomic E-state index is 0.470. The van der Waals surface area contributed by atoms with Crippen LogP contribution in [0.3, 0.4) is 0 Å². The van der Waals surface area contributed by atoms with Crippen LogP contribution in [0, 0.1) is 0 Å². The van der Waals surface area contributed by atoms with Crippen LogP contribution < -0.4 is 15.5 Å². The number of nitrogens with zero attached hydrogens (tertiary/aromatic N) is 4. The standard InChI is InChI=1S/C23H32N6O/c1-4-21(28-12-10-24-11-13-28)19-8-6-18(7-9-19)14-25-23-26-15-20-16-30-17(3)29(5-2)22(20)27-23/h6-9,15,21,24H,3-5,10-14,16H2,1-2H3,(H,25,26,27). The molecule has 2 aliphatic rings. The van der Waals surface area contributed by atoms with Gasteiger partial charge in [-0.1, -0.05) is 31.2 Å². The molecule has 3 heterocycles. The van der Waals surface area contributed by atoms with Gasteiger partial charge in [0, 0.05) is 51.5 Å². The number of hydrogen-bond donors (Lipinski definition) is 2. The minimum atomic E-state index is 0.470. The van der Waals surface area contributed by atoms with E-state index in [1.54, 1.807) is 0 Å². The van der Waals surface area contributed by atoms with Crippen LogP contribution in [0.1, 0.15) is 43.0 Å². The van der Waals surface area contributed by atoms with Gasteiger partial charge in [0.25, 0.3) is 0 Å².